The summed E-state index contributed by atoms with van der Waals surface area (Å²) in [4.78, 5) is 23.5. The van der Waals surface area contributed by atoms with E-state index in [-0.39, 0.29) is 6.42 Å². The third-order valence-electron chi connectivity index (χ3n) is 2.59. The Morgan fingerprint density at radius 1 is 1.40 bits per heavy atom. The second-order valence-electron chi connectivity index (χ2n) is 4.12. The van der Waals surface area contributed by atoms with Crippen molar-refractivity contribution in [1.29, 1.82) is 0 Å². The average Bonchev–Trinajstić information content (AvgIpc) is 2.45. The summed E-state index contributed by atoms with van der Waals surface area (Å²) in [5, 5.41) is 12.4. The van der Waals surface area contributed by atoms with Gasteiger partial charge >= 0.3 is 5.97 Å². The van der Waals surface area contributed by atoms with Gasteiger partial charge in [-0.2, -0.15) is 0 Å². The van der Waals surface area contributed by atoms with E-state index in [0.29, 0.717) is 10.0 Å². The molecule has 1 amide bonds. The number of nitrogens with one attached hydrogen (secondary N) is 1. The molecule has 0 unspecified atom stereocenters. The van der Waals surface area contributed by atoms with Gasteiger partial charge in [0.25, 0.3) is 5.91 Å². The third kappa shape index (κ3) is 4.79. The summed E-state index contributed by atoms with van der Waals surface area (Å²) in [6.45, 7) is 3.62. The van der Waals surface area contributed by atoms with Gasteiger partial charge in [-0.3, -0.25) is 4.79 Å². The minimum Gasteiger partial charge on any atom is -0.467 e. The Hall–Kier alpha value is -1.66. The maximum absolute atomic E-state index is 11.9. The van der Waals surface area contributed by atoms with Crippen molar-refractivity contribution in [3.63, 3.8) is 0 Å². The molecule has 1 rings (SSSR count). The van der Waals surface area contributed by atoms with Crippen LogP contribution in [0.25, 0.3) is 0 Å². The van der Waals surface area contributed by atoms with Crippen LogP contribution in [0.1, 0.15) is 18.1 Å². The smallest absolute Gasteiger partial charge is 0.328 e. The number of hydrogen-bond donors (Lipinski definition) is 2. The highest BCUT2D eigenvalue weighted by atomic mass is 79.9. The van der Waals surface area contributed by atoms with Crippen LogP contribution in [-0.4, -0.2) is 30.1 Å². The van der Waals surface area contributed by atoms with E-state index in [1.165, 1.54) is 7.11 Å². The average molecular weight is 342 g/mol. The zero-order chi connectivity index (χ0) is 15.1. The van der Waals surface area contributed by atoms with Gasteiger partial charge in [-0.1, -0.05) is 52.8 Å². The van der Waals surface area contributed by atoms with Gasteiger partial charge in [-0.25, -0.2) is 4.79 Å². The molecule has 2 atom stereocenters. The molecule has 0 aliphatic rings. The first kappa shape index (κ1) is 16.4. The molecule has 6 heteroatoms. The summed E-state index contributed by atoms with van der Waals surface area (Å²) < 4.78 is 5.15. The number of benzene rings is 1. The Balaban J connectivity index is 2.75. The van der Waals surface area contributed by atoms with Crippen LogP contribution in [0.15, 0.2) is 41.4 Å². The predicted octanol–water partition coefficient (Wildman–Crippen LogP) is 1.68. The topological polar surface area (TPSA) is 75.6 Å². The largest absolute Gasteiger partial charge is 0.467 e. The zero-order valence-corrected chi connectivity index (χ0v) is 12.6. The minimum atomic E-state index is -1.34. The molecule has 0 bridgehead atoms. The third-order valence-corrected chi connectivity index (χ3v) is 2.92. The fraction of sp³-hybridized carbons (Fsp3) is 0.286. The van der Waals surface area contributed by atoms with E-state index in [1.807, 2.05) is 0 Å². The molecule has 1 aromatic rings. The number of amides is 1. The van der Waals surface area contributed by atoms with Crippen molar-refractivity contribution in [2.75, 3.05) is 7.11 Å². The molecule has 5 nitrogen and oxygen atoms in total. The summed E-state index contributed by atoms with van der Waals surface area (Å²) in [6, 6.07) is 7.56. The number of aliphatic hydroxyl groups is 1. The molecule has 0 saturated carbocycles. The fourth-order valence-corrected chi connectivity index (χ4v) is 1.92. The molecule has 0 heterocycles. The first-order valence-corrected chi connectivity index (χ1v) is 6.69. The van der Waals surface area contributed by atoms with Crippen molar-refractivity contribution >= 4 is 27.8 Å². The fourth-order valence-electron chi connectivity index (χ4n) is 1.59. The number of halogens is 1. The van der Waals surface area contributed by atoms with E-state index in [4.69, 9.17) is 0 Å². The molecule has 0 aliphatic heterocycles. The highest BCUT2D eigenvalue weighted by molar-refractivity contribution is 9.11. The summed E-state index contributed by atoms with van der Waals surface area (Å²) in [6.07, 6.45) is -1.16. The Labute approximate surface area is 125 Å². The van der Waals surface area contributed by atoms with Gasteiger partial charge in [-0.15, -0.1) is 0 Å². The van der Waals surface area contributed by atoms with E-state index >= 15 is 0 Å². The summed E-state index contributed by atoms with van der Waals surface area (Å²) in [5.41, 5.74) is 0.450. The van der Waals surface area contributed by atoms with Crippen molar-refractivity contribution in [3.05, 3.63) is 47.0 Å². The maximum atomic E-state index is 11.9. The first-order valence-electron chi connectivity index (χ1n) is 5.90. The van der Waals surface area contributed by atoms with E-state index in [9.17, 15) is 14.7 Å². The van der Waals surface area contributed by atoms with Crippen molar-refractivity contribution < 1.29 is 19.4 Å². The molecule has 0 aromatic heterocycles. The SMILES string of the molecule is C=C(Br)C[C@@H](NC(=O)[C@@H](O)c1ccccc1)C(=O)OC. The van der Waals surface area contributed by atoms with Crippen molar-refractivity contribution in [1.82, 2.24) is 5.32 Å². The number of carbonyl (C=O) groups excluding carboxylic acids is 2. The molecule has 0 saturated heterocycles. The molecular formula is C14H16BrNO4. The number of carbonyl (C=O) groups is 2. The quantitative estimate of drug-likeness (QED) is 0.772. The number of aliphatic hydroxyl groups excluding tert-OH is 1. The van der Waals surface area contributed by atoms with Crippen molar-refractivity contribution in [2.24, 2.45) is 0 Å². The zero-order valence-electron chi connectivity index (χ0n) is 11.0. The molecule has 108 valence electrons. The molecule has 0 aliphatic carbocycles. The number of rotatable bonds is 6. The monoisotopic (exact) mass is 341 g/mol. The van der Waals surface area contributed by atoms with Crippen LogP contribution in [0, 0.1) is 0 Å². The van der Waals surface area contributed by atoms with Gasteiger partial charge in [0.05, 0.1) is 7.11 Å². The van der Waals surface area contributed by atoms with Crippen LogP contribution in [0.4, 0.5) is 0 Å². The van der Waals surface area contributed by atoms with Crippen LogP contribution in [-0.2, 0) is 14.3 Å². The number of ether oxygens (including phenoxy) is 1. The first-order chi connectivity index (χ1) is 9.45. The summed E-state index contributed by atoms with van der Waals surface area (Å²) in [5.74, 6) is -1.26. The number of methoxy groups -OCH3 is 1. The highest BCUT2D eigenvalue weighted by Gasteiger charge is 2.25. The van der Waals surface area contributed by atoms with Crippen LogP contribution in [0.5, 0.6) is 0 Å². The minimum absolute atomic E-state index is 0.180. The highest BCUT2D eigenvalue weighted by Crippen LogP contribution is 2.15. The van der Waals surface area contributed by atoms with Gasteiger partial charge < -0.3 is 15.2 Å². The number of hydrogen-bond acceptors (Lipinski definition) is 4. The lowest BCUT2D eigenvalue weighted by Crippen LogP contribution is -2.43. The Morgan fingerprint density at radius 3 is 2.50 bits per heavy atom. The van der Waals surface area contributed by atoms with E-state index in [2.05, 4.69) is 32.6 Å². The van der Waals surface area contributed by atoms with Crippen LogP contribution >= 0.6 is 15.9 Å². The number of esters is 1. The van der Waals surface area contributed by atoms with E-state index in [0.717, 1.165) is 0 Å². The lowest BCUT2D eigenvalue weighted by Gasteiger charge is -2.18. The standard InChI is InChI=1S/C14H16BrNO4/c1-9(15)8-11(14(19)20-2)16-13(18)12(17)10-6-4-3-5-7-10/h3-7,11-12,17H,1,8H2,2H3,(H,16,18)/t11-,12+/m1/s1. The van der Waals surface area contributed by atoms with Gasteiger partial charge in [0.1, 0.15) is 6.04 Å². The van der Waals surface area contributed by atoms with Gasteiger partial charge in [0.2, 0.25) is 0 Å². The molecule has 0 spiro atoms. The van der Waals surface area contributed by atoms with E-state index in [1.54, 1.807) is 30.3 Å². The molecule has 0 radical (unpaired) electrons. The van der Waals surface area contributed by atoms with Crippen molar-refractivity contribution in [3.8, 4) is 0 Å². The lowest BCUT2D eigenvalue weighted by molar-refractivity contribution is -0.146. The normalized spacial score (nSPS) is 13.2. The predicted molar refractivity (Wildman–Crippen MR) is 78.0 cm³/mol. The second kappa shape index (κ2) is 7.81. The van der Waals surface area contributed by atoms with E-state index < -0.39 is 24.0 Å². The van der Waals surface area contributed by atoms with Gasteiger partial charge in [-0.05, 0) is 10.0 Å². The molecule has 2 N–H and O–H groups in total. The van der Waals surface area contributed by atoms with Crippen LogP contribution in [0.2, 0.25) is 0 Å². The molecule has 0 fully saturated rings. The second-order valence-corrected chi connectivity index (χ2v) is 5.24. The lowest BCUT2D eigenvalue weighted by atomic mass is 10.1. The molecule has 20 heavy (non-hydrogen) atoms. The van der Waals surface area contributed by atoms with Gasteiger partial charge in [0.15, 0.2) is 6.10 Å². The van der Waals surface area contributed by atoms with Crippen LogP contribution < -0.4 is 5.32 Å². The Kier molecular flexibility index (Phi) is 6.41. The molecule has 1 aromatic carbocycles. The van der Waals surface area contributed by atoms with Crippen LogP contribution in [0.3, 0.4) is 0 Å². The summed E-state index contributed by atoms with van der Waals surface area (Å²) in [7, 11) is 1.23. The maximum Gasteiger partial charge on any atom is 0.328 e. The Bertz CT molecular complexity index is 489. The summed E-state index contributed by atoms with van der Waals surface area (Å²) >= 11 is 3.13. The van der Waals surface area contributed by atoms with Gasteiger partial charge in [0, 0.05) is 6.42 Å². The van der Waals surface area contributed by atoms with Crippen molar-refractivity contribution in [2.45, 2.75) is 18.6 Å². The Morgan fingerprint density at radius 2 is 2.00 bits per heavy atom. The molecular weight excluding hydrogens is 326 g/mol.